The van der Waals surface area contributed by atoms with Crippen molar-refractivity contribution in [1.82, 2.24) is 4.90 Å². The Balaban J connectivity index is 2.76. The van der Waals surface area contributed by atoms with Crippen LogP contribution >= 0.6 is 12.2 Å². The van der Waals surface area contributed by atoms with Crippen molar-refractivity contribution >= 4 is 25.1 Å². The molecule has 1 aliphatic rings. The summed E-state index contributed by atoms with van der Waals surface area (Å²) in [5, 5.41) is 0.517. The monoisotopic (exact) mass is 239 g/mol. The highest BCUT2D eigenvalue weighted by atomic mass is 32.1. The third-order valence-corrected chi connectivity index (χ3v) is 4.26. The molecule has 92 valence electrons. The Kier molecular flexibility index (Phi) is 4.84. The summed E-state index contributed by atoms with van der Waals surface area (Å²) in [7, 11) is 2.41. The van der Waals surface area contributed by atoms with E-state index in [4.69, 9.17) is 12.2 Å². The maximum Gasteiger partial charge on any atom is 0.109 e. The Hall–Kier alpha value is -0.0451. The van der Waals surface area contributed by atoms with Gasteiger partial charge in [0.25, 0.3) is 0 Å². The first-order valence-corrected chi connectivity index (χ1v) is 7.05. The summed E-state index contributed by atoms with van der Waals surface area (Å²) in [5.41, 5.74) is 0. The van der Waals surface area contributed by atoms with Gasteiger partial charge in [0.15, 0.2) is 0 Å². The van der Waals surface area contributed by atoms with Crippen LogP contribution in [-0.4, -0.2) is 30.3 Å². The van der Waals surface area contributed by atoms with Crippen LogP contribution in [0.15, 0.2) is 0 Å². The molecule has 0 spiro atoms. The summed E-state index contributed by atoms with van der Waals surface area (Å²) in [6, 6.07) is 0.671. The predicted octanol–water partition coefficient (Wildman–Crippen LogP) is 3.05. The van der Waals surface area contributed by atoms with Gasteiger partial charge < -0.3 is 4.90 Å². The average molecular weight is 239 g/mol. The van der Waals surface area contributed by atoms with E-state index >= 15 is 0 Å². The molecule has 1 nitrogen and oxygen atoms in total. The average Bonchev–Trinajstić information content (AvgIpc) is 2.26. The second-order valence-electron chi connectivity index (χ2n) is 6.11. The third kappa shape index (κ3) is 3.48. The summed E-state index contributed by atoms with van der Waals surface area (Å²) in [4.78, 5) is 3.50. The van der Waals surface area contributed by atoms with Crippen LogP contribution in [0.4, 0.5) is 0 Å². The third-order valence-electron chi connectivity index (χ3n) is 4.03. The first kappa shape index (κ1) is 14.0. The van der Waals surface area contributed by atoms with E-state index in [9.17, 15) is 0 Å². The van der Waals surface area contributed by atoms with Crippen LogP contribution in [0.1, 0.15) is 53.4 Å². The Morgan fingerprint density at radius 1 is 1.56 bits per heavy atom. The van der Waals surface area contributed by atoms with Crippen molar-refractivity contribution in [2.45, 2.75) is 64.7 Å². The molecule has 0 saturated heterocycles. The maximum absolute atomic E-state index is 5.38. The fourth-order valence-electron chi connectivity index (χ4n) is 3.34. The lowest BCUT2D eigenvalue weighted by molar-refractivity contribution is 0.230. The molecule has 0 aromatic rings. The van der Waals surface area contributed by atoms with E-state index in [1.54, 1.807) is 0 Å². The summed E-state index contributed by atoms with van der Waals surface area (Å²) in [6.45, 7) is 10.2. The van der Waals surface area contributed by atoms with Crippen LogP contribution < -0.4 is 0 Å². The van der Waals surface area contributed by atoms with E-state index in [0.29, 0.717) is 11.4 Å². The summed E-state index contributed by atoms with van der Waals surface area (Å²) in [5.74, 6) is 0.760. The van der Waals surface area contributed by atoms with E-state index in [-0.39, 0.29) is 0 Å². The molecule has 0 N–H and O–H groups in total. The maximum atomic E-state index is 5.38. The van der Waals surface area contributed by atoms with Crippen LogP contribution in [0.25, 0.3) is 0 Å². The highest BCUT2D eigenvalue weighted by molar-refractivity contribution is 7.80. The molecule has 3 heteroatoms. The van der Waals surface area contributed by atoms with Gasteiger partial charge in [0.1, 0.15) is 7.85 Å². The number of nitrogens with zero attached hydrogens (tertiary/aromatic N) is 1. The van der Waals surface area contributed by atoms with Gasteiger partial charge in [0.05, 0.1) is 4.99 Å². The molecule has 16 heavy (non-hydrogen) atoms. The van der Waals surface area contributed by atoms with Gasteiger partial charge in [-0.15, -0.1) is 0 Å². The van der Waals surface area contributed by atoms with E-state index in [1.165, 1.54) is 25.7 Å². The zero-order valence-corrected chi connectivity index (χ0v) is 12.4. The van der Waals surface area contributed by atoms with Gasteiger partial charge >= 0.3 is 0 Å². The largest absolute Gasteiger partial charge is 0.363 e. The predicted molar refractivity (Wildman–Crippen MR) is 79.0 cm³/mol. The minimum Gasteiger partial charge on any atom is -0.363 e. The summed E-state index contributed by atoms with van der Waals surface area (Å²) >= 11 is 5.38. The fraction of sp³-hybridized carbons (Fsp3) is 0.923. The number of thiocarbonyl (C=S) groups is 1. The lowest BCUT2D eigenvalue weighted by Crippen LogP contribution is -2.41. The van der Waals surface area contributed by atoms with Gasteiger partial charge in [-0.3, -0.25) is 0 Å². The molecule has 1 rings (SSSR count). The van der Waals surface area contributed by atoms with Gasteiger partial charge in [-0.2, -0.15) is 0 Å². The van der Waals surface area contributed by atoms with Crippen molar-refractivity contribution in [1.29, 1.82) is 0 Å². The van der Waals surface area contributed by atoms with Crippen molar-refractivity contribution in [2.24, 2.45) is 5.92 Å². The molecule has 0 heterocycles. The highest BCUT2D eigenvalue weighted by Gasteiger charge is 2.32. The normalized spacial score (nSPS) is 35.5. The molecule has 1 aliphatic carbocycles. The van der Waals surface area contributed by atoms with Crippen LogP contribution in [0, 0.1) is 5.92 Å². The zero-order valence-electron chi connectivity index (χ0n) is 11.5. The SMILES string of the molecule is BC1(C)CCCC(N(CC)C(C)=S)C(C)C1. The Morgan fingerprint density at radius 3 is 2.69 bits per heavy atom. The van der Waals surface area contributed by atoms with Gasteiger partial charge in [0, 0.05) is 12.6 Å². The molecule has 1 saturated carbocycles. The smallest absolute Gasteiger partial charge is 0.109 e. The summed E-state index contributed by atoms with van der Waals surface area (Å²) in [6.07, 6.45) is 5.35. The molecule has 0 radical (unpaired) electrons. The van der Waals surface area contributed by atoms with E-state index in [1.807, 2.05) is 0 Å². The van der Waals surface area contributed by atoms with E-state index in [2.05, 4.69) is 40.4 Å². The zero-order chi connectivity index (χ0) is 12.3. The minimum absolute atomic E-state index is 0.517. The van der Waals surface area contributed by atoms with Gasteiger partial charge in [-0.25, -0.2) is 0 Å². The lowest BCUT2D eigenvalue weighted by Gasteiger charge is -2.36. The first-order valence-electron chi connectivity index (χ1n) is 6.64. The van der Waals surface area contributed by atoms with Crippen molar-refractivity contribution in [2.75, 3.05) is 6.54 Å². The topological polar surface area (TPSA) is 3.24 Å². The van der Waals surface area contributed by atoms with Gasteiger partial charge in [-0.1, -0.05) is 50.6 Å². The molecule has 0 bridgehead atoms. The minimum atomic E-state index is 0.517. The van der Waals surface area contributed by atoms with Crippen LogP contribution in [0.5, 0.6) is 0 Å². The standard InChI is InChI=1S/C13H26BNS/c1-5-15(11(3)16)12-7-6-8-13(4,14)9-10(12)2/h10,12H,5-9,14H2,1-4H3. The van der Waals surface area contributed by atoms with Crippen molar-refractivity contribution < 1.29 is 0 Å². The second kappa shape index (κ2) is 5.53. The van der Waals surface area contributed by atoms with Gasteiger partial charge in [-0.05, 0) is 26.2 Å². The van der Waals surface area contributed by atoms with E-state index in [0.717, 1.165) is 17.5 Å². The Labute approximate surface area is 107 Å². The van der Waals surface area contributed by atoms with Crippen LogP contribution in [0.2, 0.25) is 5.31 Å². The summed E-state index contributed by atoms with van der Waals surface area (Å²) < 4.78 is 0. The Morgan fingerprint density at radius 2 is 2.19 bits per heavy atom. The molecule has 1 fully saturated rings. The molecule has 3 unspecified atom stereocenters. The molecular weight excluding hydrogens is 213 g/mol. The number of hydrogen-bond donors (Lipinski definition) is 0. The van der Waals surface area contributed by atoms with Crippen molar-refractivity contribution in [3.8, 4) is 0 Å². The molecule has 0 aromatic carbocycles. The number of rotatable bonds is 2. The molecular formula is C13H26BNS. The first-order chi connectivity index (χ1) is 7.37. The van der Waals surface area contributed by atoms with Crippen LogP contribution in [-0.2, 0) is 0 Å². The van der Waals surface area contributed by atoms with Gasteiger partial charge in [0.2, 0.25) is 0 Å². The lowest BCUT2D eigenvalue weighted by atomic mass is 9.64. The molecule has 3 atom stereocenters. The van der Waals surface area contributed by atoms with E-state index < -0.39 is 0 Å². The van der Waals surface area contributed by atoms with Crippen molar-refractivity contribution in [3.63, 3.8) is 0 Å². The molecule has 0 aliphatic heterocycles. The van der Waals surface area contributed by atoms with Crippen LogP contribution in [0.3, 0.4) is 0 Å². The fourth-order valence-corrected chi connectivity index (χ4v) is 3.60. The highest BCUT2D eigenvalue weighted by Crippen LogP contribution is 2.41. The molecule has 0 aromatic heterocycles. The molecule has 0 amide bonds. The quantitative estimate of drug-likeness (QED) is 0.414. The Bertz CT molecular complexity index is 252. The number of hydrogen-bond acceptors (Lipinski definition) is 1. The second-order valence-corrected chi connectivity index (χ2v) is 6.70. The van der Waals surface area contributed by atoms with Crippen molar-refractivity contribution in [3.05, 3.63) is 0 Å².